The highest BCUT2D eigenvalue weighted by molar-refractivity contribution is 5.58. The smallest absolute Gasteiger partial charge is 0.142 e. The van der Waals surface area contributed by atoms with E-state index in [-0.39, 0.29) is 0 Å². The van der Waals surface area contributed by atoms with Gasteiger partial charge in [0.25, 0.3) is 0 Å². The molecule has 1 heterocycles. The Hall–Kier alpha value is -2.40. The molecule has 0 saturated carbocycles. The molecule has 3 rings (SSSR count). The van der Waals surface area contributed by atoms with E-state index in [1.165, 1.54) is 0 Å². The highest BCUT2D eigenvalue weighted by atomic mass is 16.5. The van der Waals surface area contributed by atoms with Gasteiger partial charge in [0.15, 0.2) is 0 Å². The second kappa shape index (κ2) is 8.29. The standard InChI is InChI=1S/C18H22N2O3/c1-3-7-17-15(5-1)19-9-10-20-16-6-2-4-8-18(16)23-14-12-21-11-13-22-17/h1-8,19-20H,9-14H2. The van der Waals surface area contributed by atoms with E-state index in [1.807, 2.05) is 48.5 Å². The number of rotatable bonds is 0. The first kappa shape index (κ1) is 15.5. The molecule has 5 heteroatoms. The molecule has 0 spiro atoms. The fourth-order valence-electron chi connectivity index (χ4n) is 2.39. The summed E-state index contributed by atoms with van der Waals surface area (Å²) in [6.45, 7) is 3.69. The number of hydrogen-bond acceptors (Lipinski definition) is 5. The zero-order valence-corrected chi connectivity index (χ0v) is 13.1. The summed E-state index contributed by atoms with van der Waals surface area (Å²) in [5, 5.41) is 6.79. The number of hydrogen-bond donors (Lipinski definition) is 2. The van der Waals surface area contributed by atoms with Crippen molar-refractivity contribution in [2.24, 2.45) is 0 Å². The minimum absolute atomic E-state index is 0.521. The van der Waals surface area contributed by atoms with E-state index in [1.54, 1.807) is 0 Å². The highest BCUT2D eigenvalue weighted by Gasteiger charge is 2.05. The molecule has 0 aliphatic carbocycles. The van der Waals surface area contributed by atoms with Gasteiger partial charge in [0, 0.05) is 13.1 Å². The minimum Gasteiger partial charge on any atom is -0.489 e. The Morgan fingerprint density at radius 3 is 1.61 bits per heavy atom. The van der Waals surface area contributed by atoms with Gasteiger partial charge in [-0.05, 0) is 24.3 Å². The van der Waals surface area contributed by atoms with E-state index >= 15 is 0 Å². The number of ether oxygens (including phenoxy) is 3. The molecule has 122 valence electrons. The van der Waals surface area contributed by atoms with Gasteiger partial charge in [0.1, 0.15) is 24.7 Å². The number of para-hydroxylation sites is 4. The number of nitrogens with one attached hydrogen (secondary N) is 2. The molecule has 5 nitrogen and oxygen atoms in total. The van der Waals surface area contributed by atoms with Crippen molar-refractivity contribution in [1.29, 1.82) is 0 Å². The SMILES string of the molecule is c1ccc2c(c1)NCCNc1ccccc1OCCOCCO2. The lowest BCUT2D eigenvalue weighted by Gasteiger charge is -2.14. The number of fused-ring (bicyclic) bond motifs is 2. The number of benzene rings is 2. The summed E-state index contributed by atoms with van der Waals surface area (Å²) in [7, 11) is 0. The van der Waals surface area contributed by atoms with E-state index in [9.17, 15) is 0 Å². The van der Waals surface area contributed by atoms with Crippen LogP contribution in [0.2, 0.25) is 0 Å². The molecule has 0 atom stereocenters. The summed E-state index contributed by atoms with van der Waals surface area (Å²) in [6.07, 6.45) is 0. The fourth-order valence-corrected chi connectivity index (χ4v) is 2.39. The zero-order valence-electron chi connectivity index (χ0n) is 13.1. The lowest BCUT2D eigenvalue weighted by molar-refractivity contribution is 0.0768. The topological polar surface area (TPSA) is 51.8 Å². The molecule has 2 aromatic rings. The van der Waals surface area contributed by atoms with Crippen molar-refractivity contribution >= 4 is 11.4 Å². The van der Waals surface area contributed by atoms with Gasteiger partial charge in [0.2, 0.25) is 0 Å². The van der Waals surface area contributed by atoms with Crippen molar-refractivity contribution < 1.29 is 14.2 Å². The van der Waals surface area contributed by atoms with Gasteiger partial charge < -0.3 is 24.8 Å². The summed E-state index contributed by atoms with van der Waals surface area (Å²) in [4.78, 5) is 0. The average Bonchev–Trinajstić information content (AvgIpc) is 2.60. The van der Waals surface area contributed by atoms with Gasteiger partial charge in [-0.25, -0.2) is 0 Å². The third-order valence-corrected chi connectivity index (χ3v) is 3.50. The van der Waals surface area contributed by atoms with E-state index in [0.29, 0.717) is 26.4 Å². The monoisotopic (exact) mass is 314 g/mol. The molecule has 0 bridgehead atoms. The summed E-state index contributed by atoms with van der Waals surface area (Å²) in [5.41, 5.74) is 1.99. The number of anilines is 2. The normalized spacial score (nSPS) is 16.0. The first-order valence-electron chi connectivity index (χ1n) is 7.92. The van der Waals surface area contributed by atoms with Gasteiger partial charge in [-0.1, -0.05) is 24.3 Å². The Bertz CT molecular complexity index is 565. The Balaban J connectivity index is 1.68. The van der Waals surface area contributed by atoms with Crippen molar-refractivity contribution in [3.63, 3.8) is 0 Å². The predicted octanol–water partition coefficient (Wildman–Crippen LogP) is 3.00. The van der Waals surface area contributed by atoms with Crippen LogP contribution in [-0.4, -0.2) is 39.5 Å². The van der Waals surface area contributed by atoms with E-state index in [0.717, 1.165) is 36.0 Å². The van der Waals surface area contributed by atoms with Crippen molar-refractivity contribution in [2.75, 3.05) is 50.2 Å². The molecule has 0 radical (unpaired) electrons. The van der Waals surface area contributed by atoms with E-state index in [4.69, 9.17) is 14.2 Å². The van der Waals surface area contributed by atoms with Gasteiger partial charge in [-0.3, -0.25) is 0 Å². The van der Waals surface area contributed by atoms with Crippen LogP contribution in [0.25, 0.3) is 0 Å². The highest BCUT2D eigenvalue weighted by Crippen LogP contribution is 2.25. The Morgan fingerprint density at radius 2 is 1.09 bits per heavy atom. The molecule has 0 fully saturated rings. The van der Waals surface area contributed by atoms with Crippen molar-refractivity contribution in [3.05, 3.63) is 48.5 Å². The lowest BCUT2D eigenvalue weighted by Crippen LogP contribution is -2.15. The molecule has 0 saturated heterocycles. The molecule has 0 unspecified atom stereocenters. The van der Waals surface area contributed by atoms with E-state index in [2.05, 4.69) is 10.6 Å². The molecule has 2 N–H and O–H groups in total. The quantitative estimate of drug-likeness (QED) is 0.783. The van der Waals surface area contributed by atoms with Gasteiger partial charge >= 0.3 is 0 Å². The zero-order chi connectivity index (χ0) is 15.7. The largest absolute Gasteiger partial charge is 0.489 e. The van der Waals surface area contributed by atoms with Crippen LogP contribution < -0.4 is 20.1 Å². The maximum absolute atomic E-state index is 5.78. The van der Waals surface area contributed by atoms with Crippen LogP contribution in [0.15, 0.2) is 48.5 Å². The predicted molar refractivity (Wildman–Crippen MR) is 91.7 cm³/mol. The van der Waals surface area contributed by atoms with Gasteiger partial charge in [-0.2, -0.15) is 0 Å². The molecule has 0 aromatic heterocycles. The molecular formula is C18H22N2O3. The maximum Gasteiger partial charge on any atom is 0.142 e. The fraction of sp³-hybridized carbons (Fsp3) is 0.333. The van der Waals surface area contributed by atoms with Crippen LogP contribution in [0.1, 0.15) is 0 Å². The van der Waals surface area contributed by atoms with Crippen LogP contribution in [-0.2, 0) is 4.74 Å². The molecule has 1 aliphatic rings. The summed E-state index contributed by atoms with van der Waals surface area (Å²) < 4.78 is 17.1. The second-order valence-corrected chi connectivity index (χ2v) is 5.16. The third kappa shape index (κ3) is 4.53. The lowest BCUT2D eigenvalue weighted by atomic mass is 10.3. The van der Waals surface area contributed by atoms with Crippen LogP contribution in [0.5, 0.6) is 11.5 Å². The Kier molecular flexibility index (Phi) is 5.58. The molecule has 1 aliphatic heterocycles. The Labute approximate surface area is 136 Å². The summed E-state index contributed by atoms with van der Waals surface area (Å²) >= 11 is 0. The van der Waals surface area contributed by atoms with Gasteiger partial charge in [0.05, 0.1) is 24.6 Å². The van der Waals surface area contributed by atoms with E-state index < -0.39 is 0 Å². The van der Waals surface area contributed by atoms with Crippen LogP contribution in [0.3, 0.4) is 0 Å². The van der Waals surface area contributed by atoms with Crippen LogP contribution in [0, 0.1) is 0 Å². The second-order valence-electron chi connectivity index (χ2n) is 5.16. The molecule has 23 heavy (non-hydrogen) atoms. The first-order valence-corrected chi connectivity index (χ1v) is 7.92. The van der Waals surface area contributed by atoms with Gasteiger partial charge in [-0.15, -0.1) is 0 Å². The maximum atomic E-state index is 5.78. The van der Waals surface area contributed by atoms with Crippen molar-refractivity contribution in [2.45, 2.75) is 0 Å². The molecule has 0 amide bonds. The molecule has 2 aromatic carbocycles. The Morgan fingerprint density at radius 1 is 0.609 bits per heavy atom. The minimum atomic E-state index is 0.521. The summed E-state index contributed by atoms with van der Waals surface area (Å²) in [5.74, 6) is 1.70. The first-order chi connectivity index (χ1) is 11.4. The summed E-state index contributed by atoms with van der Waals surface area (Å²) in [6, 6.07) is 15.9. The third-order valence-electron chi connectivity index (χ3n) is 3.50. The molecular weight excluding hydrogens is 292 g/mol. The van der Waals surface area contributed by atoms with Crippen LogP contribution in [0.4, 0.5) is 11.4 Å². The average molecular weight is 314 g/mol. The van der Waals surface area contributed by atoms with Crippen LogP contribution >= 0.6 is 0 Å². The van der Waals surface area contributed by atoms with Crippen molar-refractivity contribution in [3.8, 4) is 11.5 Å². The van der Waals surface area contributed by atoms with Crippen molar-refractivity contribution in [1.82, 2.24) is 0 Å².